The molecule has 2 aromatic rings. The van der Waals surface area contributed by atoms with Gasteiger partial charge in [-0.3, -0.25) is 4.79 Å². The van der Waals surface area contributed by atoms with Gasteiger partial charge in [0, 0.05) is 11.8 Å². The first-order chi connectivity index (χ1) is 11.7. The van der Waals surface area contributed by atoms with Crippen LogP contribution in [0.3, 0.4) is 0 Å². The zero-order chi connectivity index (χ0) is 16.9. The molecule has 0 spiro atoms. The fourth-order valence-corrected chi connectivity index (χ4v) is 3.26. The monoisotopic (exact) mass is 342 g/mol. The third-order valence-corrected chi connectivity index (χ3v) is 4.67. The van der Waals surface area contributed by atoms with Crippen molar-refractivity contribution in [1.82, 2.24) is 0 Å². The molecule has 2 aromatic carbocycles. The van der Waals surface area contributed by atoms with E-state index in [0.29, 0.717) is 17.9 Å². The van der Waals surface area contributed by atoms with Crippen molar-refractivity contribution in [3.8, 4) is 17.2 Å². The molecule has 3 rings (SSSR count). The molecule has 24 heavy (non-hydrogen) atoms. The average Bonchev–Trinajstić information content (AvgIpc) is 2.65. The molecule has 0 saturated carbocycles. The van der Waals surface area contributed by atoms with Crippen LogP contribution in [0, 0.1) is 0 Å². The van der Waals surface area contributed by atoms with Crippen molar-refractivity contribution in [2.45, 2.75) is 4.90 Å². The number of thioether (sulfide) groups is 1. The molecule has 0 unspecified atom stereocenters. The van der Waals surface area contributed by atoms with E-state index in [-0.39, 0.29) is 5.78 Å². The Balaban J connectivity index is 1.84. The number of carbonyl (C=O) groups excluding carboxylic acids is 1. The fourth-order valence-electron chi connectivity index (χ4n) is 2.41. The maximum absolute atomic E-state index is 12.6. The number of methoxy groups -OCH3 is 2. The zero-order valence-corrected chi connectivity index (χ0v) is 14.4. The lowest BCUT2D eigenvalue weighted by Crippen LogP contribution is -2.08. The van der Waals surface area contributed by atoms with Crippen LogP contribution in [0.15, 0.2) is 47.4 Å². The van der Waals surface area contributed by atoms with E-state index in [1.165, 1.54) is 0 Å². The predicted octanol–water partition coefficient (Wildman–Crippen LogP) is 4.08. The van der Waals surface area contributed by atoms with Crippen LogP contribution >= 0.6 is 11.8 Å². The van der Waals surface area contributed by atoms with E-state index in [2.05, 4.69) is 0 Å². The molecule has 1 aliphatic heterocycles. The van der Waals surface area contributed by atoms with Gasteiger partial charge in [0.05, 0.1) is 31.3 Å². The van der Waals surface area contributed by atoms with E-state index < -0.39 is 0 Å². The summed E-state index contributed by atoms with van der Waals surface area (Å²) in [6.45, 7) is 0.672. The number of benzene rings is 2. The second-order valence-corrected chi connectivity index (χ2v) is 6.30. The van der Waals surface area contributed by atoms with Gasteiger partial charge >= 0.3 is 0 Å². The van der Waals surface area contributed by atoms with Crippen molar-refractivity contribution in [3.63, 3.8) is 0 Å². The van der Waals surface area contributed by atoms with Crippen molar-refractivity contribution in [3.05, 3.63) is 53.6 Å². The Labute approximate surface area is 145 Å². The van der Waals surface area contributed by atoms with Crippen molar-refractivity contribution < 1.29 is 19.0 Å². The summed E-state index contributed by atoms with van der Waals surface area (Å²) in [7, 11) is 3.18. The number of fused-ring (bicyclic) bond motifs is 1. The molecule has 1 aliphatic rings. The standard InChI is InChI=1S/C19H18O4S/c1-21-14-6-3-13(4-7-14)5-8-16(20)15-11-19-18(12-17(15)22-2)23-9-10-24-19/h3-8,11-12H,9-10H2,1-2H3/b8-5+. The van der Waals surface area contributed by atoms with Crippen LogP contribution in [-0.4, -0.2) is 32.4 Å². The van der Waals surface area contributed by atoms with Gasteiger partial charge in [-0.25, -0.2) is 0 Å². The molecular formula is C19H18O4S. The second-order valence-electron chi connectivity index (χ2n) is 5.17. The average molecular weight is 342 g/mol. The minimum atomic E-state index is -0.100. The number of rotatable bonds is 5. The molecule has 124 valence electrons. The minimum Gasteiger partial charge on any atom is -0.497 e. The maximum Gasteiger partial charge on any atom is 0.189 e. The SMILES string of the molecule is COc1ccc(/C=C/C(=O)c2cc3c(cc2OC)OCCS3)cc1. The molecule has 0 aliphatic carbocycles. The molecule has 0 N–H and O–H groups in total. The van der Waals surface area contributed by atoms with Gasteiger partial charge in [0.25, 0.3) is 0 Å². The number of carbonyl (C=O) groups is 1. The number of ketones is 1. The van der Waals surface area contributed by atoms with Gasteiger partial charge in [-0.2, -0.15) is 0 Å². The van der Waals surface area contributed by atoms with Crippen molar-refractivity contribution in [2.75, 3.05) is 26.6 Å². The van der Waals surface area contributed by atoms with Gasteiger partial charge in [0.15, 0.2) is 5.78 Å². The van der Waals surface area contributed by atoms with Crippen LogP contribution in [0.2, 0.25) is 0 Å². The molecule has 0 aromatic heterocycles. The highest BCUT2D eigenvalue weighted by molar-refractivity contribution is 7.99. The Morgan fingerprint density at radius 1 is 1.17 bits per heavy atom. The third kappa shape index (κ3) is 3.57. The van der Waals surface area contributed by atoms with E-state index >= 15 is 0 Å². The molecule has 0 radical (unpaired) electrons. The van der Waals surface area contributed by atoms with Crippen LogP contribution in [-0.2, 0) is 0 Å². The molecule has 4 nitrogen and oxygen atoms in total. The largest absolute Gasteiger partial charge is 0.497 e. The summed E-state index contributed by atoms with van der Waals surface area (Å²) < 4.78 is 16.1. The second kappa shape index (κ2) is 7.45. The van der Waals surface area contributed by atoms with Crippen molar-refractivity contribution >= 4 is 23.6 Å². The van der Waals surface area contributed by atoms with E-state index in [1.54, 1.807) is 44.2 Å². The highest BCUT2D eigenvalue weighted by Gasteiger charge is 2.18. The fraction of sp³-hybridized carbons (Fsp3) is 0.211. The summed E-state index contributed by atoms with van der Waals surface area (Å²) in [6, 6.07) is 11.1. The van der Waals surface area contributed by atoms with E-state index in [9.17, 15) is 4.79 Å². The topological polar surface area (TPSA) is 44.8 Å². The lowest BCUT2D eigenvalue weighted by molar-refractivity contribution is 0.104. The Kier molecular flexibility index (Phi) is 5.11. The van der Waals surface area contributed by atoms with Crippen LogP contribution < -0.4 is 14.2 Å². The van der Waals surface area contributed by atoms with Gasteiger partial charge in [-0.15, -0.1) is 11.8 Å². The van der Waals surface area contributed by atoms with Crippen LogP contribution in [0.25, 0.3) is 6.08 Å². The zero-order valence-electron chi connectivity index (χ0n) is 13.6. The van der Waals surface area contributed by atoms with Crippen LogP contribution in [0.4, 0.5) is 0 Å². The molecule has 0 fully saturated rings. The van der Waals surface area contributed by atoms with E-state index in [0.717, 1.165) is 27.7 Å². The van der Waals surface area contributed by atoms with Gasteiger partial charge in [0.1, 0.15) is 17.2 Å². The third-order valence-electron chi connectivity index (χ3n) is 3.67. The predicted molar refractivity (Wildman–Crippen MR) is 95.6 cm³/mol. The highest BCUT2D eigenvalue weighted by atomic mass is 32.2. The number of hydrogen-bond donors (Lipinski definition) is 0. The quantitative estimate of drug-likeness (QED) is 0.605. The number of ether oxygens (including phenoxy) is 3. The molecule has 0 atom stereocenters. The van der Waals surface area contributed by atoms with Gasteiger partial charge in [0.2, 0.25) is 0 Å². The Hall–Kier alpha value is -2.40. The summed E-state index contributed by atoms with van der Waals surface area (Å²) in [6.07, 6.45) is 3.34. The summed E-state index contributed by atoms with van der Waals surface area (Å²) >= 11 is 1.69. The highest BCUT2D eigenvalue weighted by Crippen LogP contribution is 2.38. The molecule has 0 amide bonds. The van der Waals surface area contributed by atoms with Crippen molar-refractivity contribution in [2.24, 2.45) is 0 Å². The van der Waals surface area contributed by atoms with Crippen LogP contribution in [0.1, 0.15) is 15.9 Å². The van der Waals surface area contributed by atoms with E-state index in [1.807, 2.05) is 30.3 Å². The van der Waals surface area contributed by atoms with Gasteiger partial charge in [-0.05, 0) is 29.8 Å². The van der Waals surface area contributed by atoms with E-state index in [4.69, 9.17) is 14.2 Å². The van der Waals surface area contributed by atoms with Crippen molar-refractivity contribution in [1.29, 1.82) is 0 Å². The first-order valence-electron chi connectivity index (χ1n) is 7.55. The molecular weight excluding hydrogens is 324 g/mol. The summed E-state index contributed by atoms with van der Waals surface area (Å²) in [5.41, 5.74) is 1.47. The minimum absolute atomic E-state index is 0.100. The molecule has 0 bridgehead atoms. The molecule has 1 heterocycles. The summed E-state index contributed by atoms with van der Waals surface area (Å²) in [5.74, 6) is 2.87. The van der Waals surface area contributed by atoms with Gasteiger partial charge in [-0.1, -0.05) is 18.2 Å². The first kappa shape index (κ1) is 16.5. The Bertz CT molecular complexity index is 766. The van der Waals surface area contributed by atoms with Gasteiger partial charge < -0.3 is 14.2 Å². The lowest BCUT2D eigenvalue weighted by Gasteiger charge is -2.18. The normalized spacial score (nSPS) is 13.2. The smallest absolute Gasteiger partial charge is 0.189 e. The Morgan fingerprint density at radius 3 is 2.67 bits per heavy atom. The maximum atomic E-state index is 12.6. The molecule has 0 saturated heterocycles. The lowest BCUT2D eigenvalue weighted by atomic mass is 10.1. The first-order valence-corrected chi connectivity index (χ1v) is 8.54. The number of hydrogen-bond acceptors (Lipinski definition) is 5. The summed E-state index contributed by atoms with van der Waals surface area (Å²) in [5, 5.41) is 0. The number of allylic oxidation sites excluding steroid dienone is 1. The summed E-state index contributed by atoms with van der Waals surface area (Å²) in [4.78, 5) is 13.5. The Morgan fingerprint density at radius 2 is 1.96 bits per heavy atom. The van der Waals surface area contributed by atoms with Crippen LogP contribution in [0.5, 0.6) is 17.2 Å². The molecule has 5 heteroatoms.